The van der Waals surface area contributed by atoms with Crippen molar-refractivity contribution in [2.45, 2.75) is 0 Å². The van der Waals surface area contributed by atoms with E-state index in [1.165, 1.54) is 0 Å². The topological polar surface area (TPSA) is 60.7 Å². The Kier molecular flexibility index (Phi) is 2.94. The van der Waals surface area contributed by atoms with E-state index in [2.05, 4.69) is 0 Å². The first-order valence-electron chi connectivity index (χ1n) is 4.92. The number of hydrogen-bond donors (Lipinski definition) is 3. The van der Waals surface area contributed by atoms with Gasteiger partial charge in [-0.2, -0.15) is 0 Å². The first kappa shape index (κ1) is 10.7. The van der Waals surface area contributed by atoms with E-state index >= 15 is 0 Å². The van der Waals surface area contributed by atoms with Gasteiger partial charge in [-0.1, -0.05) is 36.4 Å². The van der Waals surface area contributed by atoms with Gasteiger partial charge in [-0.05, 0) is 28.7 Å². The standard InChI is InChI=1S/C12H11BO3/c14-12-7-3-10(4-8-12)9-1-5-11(6-2-9)13(15)16/h1-8,14-16H. The Morgan fingerprint density at radius 3 is 1.56 bits per heavy atom. The molecule has 0 aliphatic heterocycles. The van der Waals surface area contributed by atoms with Crippen molar-refractivity contribution < 1.29 is 15.2 Å². The average Bonchev–Trinajstić information content (AvgIpc) is 2.30. The molecule has 0 fully saturated rings. The molecule has 0 heterocycles. The molecular weight excluding hydrogens is 203 g/mol. The predicted octanol–water partition coefficient (Wildman–Crippen LogP) is 0.739. The number of hydrogen-bond acceptors (Lipinski definition) is 3. The molecule has 0 atom stereocenters. The van der Waals surface area contributed by atoms with Crippen LogP contribution in [0.4, 0.5) is 0 Å². The molecule has 4 heteroatoms. The number of phenolic OH excluding ortho intramolecular Hbond substituents is 1. The summed E-state index contributed by atoms with van der Waals surface area (Å²) in [4.78, 5) is 0. The minimum absolute atomic E-state index is 0.228. The first-order chi connectivity index (χ1) is 7.66. The summed E-state index contributed by atoms with van der Waals surface area (Å²) in [6.45, 7) is 0. The molecule has 3 N–H and O–H groups in total. The molecule has 0 saturated heterocycles. The molecule has 80 valence electrons. The lowest BCUT2D eigenvalue weighted by Crippen LogP contribution is -2.29. The second kappa shape index (κ2) is 4.39. The summed E-state index contributed by atoms with van der Waals surface area (Å²) in [7, 11) is -1.44. The van der Waals surface area contributed by atoms with Crippen molar-refractivity contribution in [1.29, 1.82) is 0 Å². The molecule has 3 nitrogen and oxygen atoms in total. The van der Waals surface area contributed by atoms with E-state index in [0.29, 0.717) is 5.46 Å². The fraction of sp³-hybridized carbons (Fsp3) is 0. The van der Waals surface area contributed by atoms with Crippen LogP contribution < -0.4 is 5.46 Å². The first-order valence-corrected chi connectivity index (χ1v) is 4.92. The molecular formula is C12H11BO3. The minimum atomic E-state index is -1.44. The quantitative estimate of drug-likeness (QED) is 0.646. The van der Waals surface area contributed by atoms with Gasteiger partial charge in [0.05, 0.1) is 0 Å². The van der Waals surface area contributed by atoms with Crippen LogP contribution in [-0.2, 0) is 0 Å². The molecule has 2 aromatic carbocycles. The highest BCUT2D eigenvalue weighted by Gasteiger charge is 2.09. The van der Waals surface area contributed by atoms with Crippen LogP contribution in [0.2, 0.25) is 0 Å². The van der Waals surface area contributed by atoms with Gasteiger partial charge in [0.15, 0.2) is 0 Å². The van der Waals surface area contributed by atoms with Crippen LogP contribution in [0.3, 0.4) is 0 Å². The van der Waals surface area contributed by atoms with Crippen molar-refractivity contribution >= 4 is 12.6 Å². The van der Waals surface area contributed by atoms with E-state index in [1.807, 2.05) is 0 Å². The zero-order valence-electron chi connectivity index (χ0n) is 8.54. The molecule has 0 bridgehead atoms. The molecule has 16 heavy (non-hydrogen) atoms. The van der Waals surface area contributed by atoms with Crippen molar-refractivity contribution in [2.75, 3.05) is 0 Å². The Labute approximate surface area is 93.8 Å². The van der Waals surface area contributed by atoms with Crippen LogP contribution >= 0.6 is 0 Å². The third-order valence-corrected chi connectivity index (χ3v) is 2.41. The van der Waals surface area contributed by atoms with Crippen molar-refractivity contribution in [1.82, 2.24) is 0 Å². The zero-order chi connectivity index (χ0) is 11.5. The molecule has 0 spiro atoms. The zero-order valence-corrected chi connectivity index (χ0v) is 8.54. The van der Waals surface area contributed by atoms with Crippen molar-refractivity contribution in [3.05, 3.63) is 48.5 Å². The molecule has 0 amide bonds. The fourth-order valence-corrected chi connectivity index (χ4v) is 1.50. The normalized spacial score (nSPS) is 10.1. The molecule has 2 aromatic rings. The third kappa shape index (κ3) is 2.24. The lowest BCUT2D eigenvalue weighted by molar-refractivity contribution is 0.426. The monoisotopic (exact) mass is 214 g/mol. The second-order valence-corrected chi connectivity index (χ2v) is 3.54. The van der Waals surface area contributed by atoms with Gasteiger partial charge >= 0.3 is 7.12 Å². The van der Waals surface area contributed by atoms with E-state index in [1.54, 1.807) is 48.5 Å². The van der Waals surface area contributed by atoms with E-state index in [4.69, 9.17) is 15.2 Å². The number of rotatable bonds is 2. The SMILES string of the molecule is OB(O)c1ccc(-c2ccc(O)cc2)cc1. The second-order valence-electron chi connectivity index (χ2n) is 3.54. The fourth-order valence-electron chi connectivity index (χ4n) is 1.50. The summed E-state index contributed by atoms with van der Waals surface area (Å²) in [6, 6.07) is 13.8. The molecule has 0 aliphatic rings. The van der Waals surface area contributed by atoms with Crippen LogP contribution in [0.15, 0.2) is 48.5 Å². The van der Waals surface area contributed by atoms with E-state index < -0.39 is 7.12 Å². The summed E-state index contributed by atoms with van der Waals surface area (Å²) < 4.78 is 0. The van der Waals surface area contributed by atoms with E-state index in [0.717, 1.165) is 11.1 Å². The average molecular weight is 214 g/mol. The highest BCUT2D eigenvalue weighted by Crippen LogP contribution is 2.20. The Morgan fingerprint density at radius 1 is 0.688 bits per heavy atom. The molecule has 0 aromatic heterocycles. The van der Waals surface area contributed by atoms with Gasteiger partial charge in [-0.15, -0.1) is 0 Å². The van der Waals surface area contributed by atoms with E-state index in [9.17, 15) is 0 Å². The third-order valence-electron chi connectivity index (χ3n) is 2.41. The van der Waals surface area contributed by atoms with Crippen LogP contribution in [0.25, 0.3) is 11.1 Å². The minimum Gasteiger partial charge on any atom is -0.508 e. The van der Waals surface area contributed by atoms with Gasteiger partial charge < -0.3 is 15.2 Å². The number of aromatic hydroxyl groups is 1. The van der Waals surface area contributed by atoms with Crippen LogP contribution in [-0.4, -0.2) is 22.3 Å². The Bertz CT molecular complexity index is 463. The number of phenols is 1. The molecule has 0 radical (unpaired) electrons. The molecule has 0 unspecified atom stereocenters. The smallest absolute Gasteiger partial charge is 0.488 e. The number of benzene rings is 2. The van der Waals surface area contributed by atoms with Crippen molar-refractivity contribution in [2.24, 2.45) is 0 Å². The van der Waals surface area contributed by atoms with Gasteiger partial charge in [0.2, 0.25) is 0 Å². The van der Waals surface area contributed by atoms with E-state index in [-0.39, 0.29) is 5.75 Å². The van der Waals surface area contributed by atoms with Gasteiger partial charge in [0.1, 0.15) is 5.75 Å². The van der Waals surface area contributed by atoms with Gasteiger partial charge in [0.25, 0.3) is 0 Å². The van der Waals surface area contributed by atoms with Crippen molar-refractivity contribution in [3.8, 4) is 16.9 Å². The largest absolute Gasteiger partial charge is 0.508 e. The van der Waals surface area contributed by atoms with Crippen LogP contribution in [0, 0.1) is 0 Å². The summed E-state index contributed by atoms with van der Waals surface area (Å²) in [5, 5.41) is 27.0. The predicted molar refractivity (Wildman–Crippen MR) is 63.4 cm³/mol. The van der Waals surface area contributed by atoms with Gasteiger partial charge in [-0.25, -0.2) is 0 Å². The summed E-state index contributed by atoms with van der Waals surface area (Å²) in [6.07, 6.45) is 0. The van der Waals surface area contributed by atoms with Gasteiger partial charge in [-0.3, -0.25) is 0 Å². The Balaban J connectivity index is 2.31. The molecule has 0 aliphatic carbocycles. The van der Waals surface area contributed by atoms with Crippen LogP contribution in [0.1, 0.15) is 0 Å². The Hall–Kier alpha value is -1.78. The molecule has 2 rings (SSSR count). The summed E-state index contributed by atoms with van der Waals surface area (Å²) >= 11 is 0. The van der Waals surface area contributed by atoms with Gasteiger partial charge in [0, 0.05) is 0 Å². The lowest BCUT2D eigenvalue weighted by atomic mass is 9.80. The Morgan fingerprint density at radius 2 is 1.12 bits per heavy atom. The highest BCUT2D eigenvalue weighted by molar-refractivity contribution is 6.58. The summed E-state index contributed by atoms with van der Waals surface area (Å²) in [5.74, 6) is 0.228. The van der Waals surface area contributed by atoms with Crippen LogP contribution in [0.5, 0.6) is 5.75 Å². The molecule has 0 saturated carbocycles. The lowest BCUT2D eigenvalue weighted by Gasteiger charge is -2.03. The summed E-state index contributed by atoms with van der Waals surface area (Å²) in [5.41, 5.74) is 2.39. The maximum Gasteiger partial charge on any atom is 0.488 e. The van der Waals surface area contributed by atoms with Crippen molar-refractivity contribution in [3.63, 3.8) is 0 Å². The maximum atomic E-state index is 9.15. The highest BCUT2D eigenvalue weighted by atomic mass is 16.4. The maximum absolute atomic E-state index is 9.15.